The van der Waals surface area contributed by atoms with Crippen LogP contribution in [-0.2, 0) is 6.42 Å². The second kappa shape index (κ2) is 7.03. The highest BCUT2D eigenvalue weighted by Crippen LogP contribution is 2.39. The molecule has 0 bridgehead atoms. The number of fused-ring (bicyclic) bond motifs is 1. The van der Waals surface area contributed by atoms with E-state index in [4.69, 9.17) is 15.2 Å². The van der Waals surface area contributed by atoms with Crippen LogP contribution in [0.2, 0.25) is 0 Å². The SMILES string of the molecule is COc1ccc(OC)c(Nc2ncnc(N3CCc4ccccc43)c2N)c1. The number of nitrogens with two attached hydrogens (primary N) is 1. The van der Waals surface area contributed by atoms with Gasteiger partial charge in [-0.15, -0.1) is 0 Å². The number of nitrogens with zero attached hydrogens (tertiary/aromatic N) is 3. The standard InChI is InChI=1S/C20H21N5O2/c1-26-14-7-8-17(27-2)15(11-14)24-19-18(21)20(23-12-22-19)25-10-9-13-5-3-4-6-16(13)25/h3-8,11-12H,9-10,21H2,1-2H3,(H,22,23,24). The van der Waals surface area contributed by atoms with Crippen molar-refractivity contribution in [3.63, 3.8) is 0 Å². The number of hydrogen-bond acceptors (Lipinski definition) is 7. The van der Waals surface area contributed by atoms with E-state index in [1.807, 2.05) is 30.3 Å². The van der Waals surface area contributed by atoms with Gasteiger partial charge in [-0.1, -0.05) is 18.2 Å². The number of hydrogen-bond donors (Lipinski definition) is 2. The normalized spacial score (nSPS) is 12.6. The first-order chi connectivity index (χ1) is 13.2. The molecule has 1 aromatic heterocycles. The Kier molecular flexibility index (Phi) is 4.42. The maximum absolute atomic E-state index is 6.43. The third-order valence-corrected chi connectivity index (χ3v) is 4.67. The molecule has 0 saturated heterocycles. The molecule has 0 radical (unpaired) electrons. The van der Waals surface area contributed by atoms with Gasteiger partial charge in [0.05, 0.1) is 19.9 Å². The fourth-order valence-corrected chi connectivity index (χ4v) is 3.30. The molecular weight excluding hydrogens is 342 g/mol. The van der Waals surface area contributed by atoms with E-state index in [-0.39, 0.29) is 0 Å². The van der Waals surface area contributed by atoms with Gasteiger partial charge in [0.1, 0.15) is 23.5 Å². The molecule has 0 atom stereocenters. The summed E-state index contributed by atoms with van der Waals surface area (Å²) in [5.74, 6) is 2.59. The number of para-hydroxylation sites is 1. The van der Waals surface area contributed by atoms with Crippen LogP contribution >= 0.6 is 0 Å². The molecule has 7 heteroatoms. The van der Waals surface area contributed by atoms with E-state index in [1.54, 1.807) is 14.2 Å². The van der Waals surface area contributed by atoms with E-state index in [1.165, 1.54) is 11.9 Å². The minimum Gasteiger partial charge on any atom is -0.497 e. The summed E-state index contributed by atoms with van der Waals surface area (Å²) in [5, 5.41) is 3.25. The van der Waals surface area contributed by atoms with Gasteiger partial charge in [-0.25, -0.2) is 9.97 Å². The predicted molar refractivity (Wildman–Crippen MR) is 106 cm³/mol. The zero-order chi connectivity index (χ0) is 18.8. The molecule has 2 aromatic carbocycles. The van der Waals surface area contributed by atoms with Crippen LogP contribution in [0.1, 0.15) is 5.56 Å². The van der Waals surface area contributed by atoms with Crippen LogP contribution in [0.25, 0.3) is 0 Å². The highest BCUT2D eigenvalue weighted by atomic mass is 16.5. The molecule has 0 saturated carbocycles. The van der Waals surface area contributed by atoms with Crippen molar-refractivity contribution in [3.05, 3.63) is 54.4 Å². The number of aromatic nitrogens is 2. The van der Waals surface area contributed by atoms with Gasteiger partial charge in [-0.3, -0.25) is 0 Å². The van der Waals surface area contributed by atoms with Gasteiger partial charge in [0.15, 0.2) is 11.6 Å². The molecule has 1 aliphatic rings. The van der Waals surface area contributed by atoms with Crippen molar-refractivity contribution in [1.82, 2.24) is 9.97 Å². The first-order valence-electron chi connectivity index (χ1n) is 8.66. The Morgan fingerprint density at radius 1 is 1.07 bits per heavy atom. The second-order valence-corrected chi connectivity index (χ2v) is 6.18. The summed E-state index contributed by atoms with van der Waals surface area (Å²) in [6.07, 6.45) is 2.48. The largest absolute Gasteiger partial charge is 0.497 e. The van der Waals surface area contributed by atoms with E-state index in [9.17, 15) is 0 Å². The van der Waals surface area contributed by atoms with E-state index in [0.717, 1.165) is 24.3 Å². The lowest BCUT2D eigenvalue weighted by atomic mass is 10.2. The number of ether oxygens (including phenoxy) is 2. The lowest BCUT2D eigenvalue weighted by molar-refractivity contribution is 0.405. The Balaban J connectivity index is 1.70. The quantitative estimate of drug-likeness (QED) is 0.717. The second-order valence-electron chi connectivity index (χ2n) is 6.18. The Labute approximate surface area is 157 Å². The molecule has 0 fully saturated rings. The average Bonchev–Trinajstić information content (AvgIpc) is 3.13. The van der Waals surface area contributed by atoms with Crippen molar-refractivity contribution in [3.8, 4) is 11.5 Å². The molecule has 0 aliphatic carbocycles. The molecular formula is C20H21N5O2. The van der Waals surface area contributed by atoms with Crippen LogP contribution in [0.4, 0.5) is 28.7 Å². The van der Waals surface area contributed by atoms with Crippen molar-refractivity contribution in [1.29, 1.82) is 0 Å². The van der Waals surface area contributed by atoms with Crippen LogP contribution in [0.15, 0.2) is 48.8 Å². The summed E-state index contributed by atoms with van der Waals surface area (Å²) in [4.78, 5) is 10.9. The van der Waals surface area contributed by atoms with Crippen LogP contribution in [0.5, 0.6) is 11.5 Å². The first-order valence-corrected chi connectivity index (χ1v) is 8.66. The van der Waals surface area contributed by atoms with Crippen molar-refractivity contribution in [2.24, 2.45) is 0 Å². The Morgan fingerprint density at radius 3 is 2.74 bits per heavy atom. The predicted octanol–water partition coefficient (Wildman–Crippen LogP) is 3.51. The molecule has 1 aliphatic heterocycles. The van der Waals surface area contributed by atoms with E-state index >= 15 is 0 Å². The monoisotopic (exact) mass is 363 g/mol. The minimum absolute atomic E-state index is 0.485. The zero-order valence-corrected chi connectivity index (χ0v) is 15.3. The lowest BCUT2D eigenvalue weighted by Gasteiger charge is -2.21. The maximum Gasteiger partial charge on any atom is 0.161 e. The van der Waals surface area contributed by atoms with E-state index < -0.39 is 0 Å². The molecule has 27 heavy (non-hydrogen) atoms. The number of rotatable bonds is 5. The molecule has 4 rings (SSSR count). The number of benzene rings is 2. The molecule has 0 unspecified atom stereocenters. The topological polar surface area (TPSA) is 85.5 Å². The summed E-state index contributed by atoms with van der Waals surface area (Å²) in [6, 6.07) is 13.8. The Hall–Kier alpha value is -3.48. The van der Waals surface area contributed by atoms with Gasteiger partial charge >= 0.3 is 0 Å². The van der Waals surface area contributed by atoms with Gasteiger partial charge in [0.2, 0.25) is 0 Å². The fraction of sp³-hybridized carbons (Fsp3) is 0.200. The van der Waals surface area contributed by atoms with Crippen molar-refractivity contribution in [2.45, 2.75) is 6.42 Å². The average molecular weight is 363 g/mol. The molecule has 0 amide bonds. The summed E-state index contributed by atoms with van der Waals surface area (Å²) >= 11 is 0. The van der Waals surface area contributed by atoms with Crippen LogP contribution in [0, 0.1) is 0 Å². The smallest absolute Gasteiger partial charge is 0.161 e. The van der Waals surface area contributed by atoms with Gasteiger partial charge in [-0.2, -0.15) is 0 Å². The first kappa shape index (κ1) is 17.0. The van der Waals surface area contributed by atoms with Gasteiger partial charge in [-0.05, 0) is 30.2 Å². The molecule has 0 spiro atoms. The molecule has 2 heterocycles. The number of methoxy groups -OCH3 is 2. The van der Waals surface area contributed by atoms with Gasteiger partial charge in [0.25, 0.3) is 0 Å². The zero-order valence-electron chi connectivity index (χ0n) is 15.3. The summed E-state index contributed by atoms with van der Waals surface area (Å²) < 4.78 is 10.7. The summed E-state index contributed by atoms with van der Waals surface area (Å²) in [6.45, 7) is 0.836. The Morgan fingerprint density at radius 2 is 1.93 bits per heavy atom. The molecule has 3 N–H and O–H groups in total. The van der Waals surface area contributed by atoms with Crippen LogP contribution in [0.3, 0.4) is 0 Å². The van der Waals surface area contributed by atoms with Gasteiger partial charge in [0, 0.05) is 18.3 Å². The van der Waals surface area contributed by atoms with E-state index in [2.05, 4.69) is 32.3 Å². The highest BCUT2D eigenvalue weighted by molar-refractivity contribution is 5.84. The molecule has 3 aromatic rings. The number of anilines is 5. The third-order valence-electron chi connectivity index (χ3n) is 4.67. The number of nitrogen functional groups attached to an aromatic ring is 1. The fourth-order valence-electron chi connectivity index (χ4n) is 3.30. The third kappa shape index (κ3) is 3.08. The maximum atomic E-state index is 6.43. The lowest BCUT2D eigenvalue weighted by Crippen LogP contribution is -2.17. The van der Waals surface area contributed by atoms with E-state index in [0.29, 0.717) is 28.8 Å². The Bertz CT molecular complexity index is 976. The van der Waals surface area contributed by atoms with Crippen LogP contribution in [-0.4, -0.2) is 30.7 Å². The molecule has 138 valence electrons. The summed E-state index contributed by atoms with van der Waals surface area (Å²) in [7, 11) is 3.23. The van der Waals surface area contributed by atoms with Crippen LogP contribution < -0.4 is 25.4 Å². The van der Waals surface area contributed by atoms with Crippen molar-refractivity contribution in [2.75, 3.05) is 36.7 Å². The van der Waals surface area contributed by atoms with Crippen molar-refractivity contribution >= 4 is 28.7 Å². The number of nitrogens with one attached hydrogen (secondary N) is 1. The highest BCUT2D eigenvalue weighted by Gasteiger charge is 2.24. The van der Waals surface area contributed by atoms with Gasteiger partial charge < -0.3 is 25.4 Å². The molecule has 7 nitrogen and oxygen atoms in total. The summed E-state index contributed by atoms with van der Waals surface area (Å²) in [5.41, 5.74) is 10.1. The van der Waals surface area contributed by atoms with Crippen molar-refractivity contribution < 1.29 is 9.47 Å². The minimum atomic E-state index is 0.485.